The van der Waals surface area contributed by atoms with Gasteiger partial charge in [-0.15, -0.1) is 0 Å². The normalized spacial score (nSPS) is 12.9. The van der Waals surface area contributed by atoms with Gasteiger partial charge in [0.05, 0.1) is 0 Å². The molecule has 0 aliphatic heterocycles. The molecule has 0 N–H and O–H groups in total. The van der Waals surface area contributed by atoms with Gasteiger partial charge in [0.1, 0.15) is 5.75 Å². The Morgan fingerprint density at radius 1 is 1.04 bits per heavy atom. The molecule has 0 unspecified atom stereocenters. The minimum Gasteiger partial charge on any atom is -0.268 e. The van der Waals surface area contributed by atoms with Crippen molar-refractivity contribution in [1.29, 1.82) is 0 Å². The molecule has 24 heavy (non-hydrogen) atoms. The third-order valence-corrected chi connectivity index (χ3v) is 4.09. The zero-order valence-electron chi connectivity index (χ0n) is 12.6. The Labute approximate surface area is 137 Å². The SMILES string of the molecule is Cc1ccccc1C(=NOS(=O)(=O)Cc1ccccc1)C(F)(F)F. The van der Waals surface area contributed by atoms with Crippen molar-refractivity contribution in [3.05, 3.63) is 71.3 Å². The van der Waals surface area contributed by atoms with Gasteiger partial charge in [-0.05, 0) is 18.1 Å². The molecule has 0 atom stereocenters. The van der Waals surface area contributed by atoms with Gasteiger partial charge in [0, 0.05) is 5.56 Å². The number of hydrogen-bond donors (Lipinski definition) is 0. The lowest BCUT2D eigenvalue weighted by Gasteiger charge is -2.12. The minimum atomic E-state index is -4.85. The molecule has 2 aromatic carbocycles. The van der Waals surface area contributed by atoms with E-state index in [2.05, 4.69) is 9.44 Å². The summed E-state index contributed by atoms with van der Waals surface area (Å²) in [5.74, 6) is -0.573. The van der Waals surface area contributed by atoms with E-state index in [0.29, 0.717) is 11.1 Å². The third kappa shape index (κ3) is 4.82. The Morgan fingerprint density at radius 3 is 2.21 bits per heavy atom. The Balaban J connectivity index is 2.30. The van der Waals surface area contributed by atoms with Gasteiger partial charge < -0.3 is 0 Å². The van der Waals surface area contributed by atoms with Crippen molar-refractivity contribution in [2.45, 2.75) is 18.9 Å². The number of oxime groups is 1. The van der Waals surface area contributed by atoms with Gasteiger partial charge in [0.15, 0.2) is 5.71 Å². The lowest BCUT2D eigenvalue weighted by molar-refractivity contribution is -0.0597. The van der Waals surface area contributed by atoms with Gasteiger partial charge >= 0.3 is 16.3 Å². The van der Waals surface area contributed by atoms with E-state index in [1.807, 2.05) is 0 Å². The Hall–Kier alpha value is -2.35. The second kappa shape index (κ2) is 7.04. The number of aryl methyl sites for hydroxylation is 1. The predicted molar refractivity (Wildman–Crippen MR) is 83.9 cm³/mol. The van der Waals surface area contributed by atoms with Gasteiger partial charge in [0.25, 0.3) is 0 Å². The first-order valence-electron chi connectivity index (χ1n) is 6.85. The monoisotopic (exact) mass is 357 g/mol. The van der Waals surface area contributed by atoms with Crippen LogP contribution >= 0.6 is 0 Å². The summed E-state index contributed by atoms with van der Waals surface area (Å²) in [6.07, 6.45) is -4.85. The van der Waals surface area contributed by atoms with Gasteiger partial charge in [-0.3, -0.25) is 4.28 Å². The standard InChI is InChI=1S/C16H14F3NO3S/c1-12-7-5-6-10-14(12)15(16(17,18)19)20-23-24(21,22)11-13-8-3-2-4-9-13/h2-10H,11H2,1H3. The van der Waals surface area contributed by atoms with Crippen molar-refractivity contribution in [3.8, 4) is 0 Å². The maximum Gasteiger partial charge on any atom is 0.437 e. The highest BCUT2D eigenvalue weighted by Crippen LogP contribution is 2.25. The number of alkyl halides is 3. The Morgan fingerprint density at radius 2 is 1.62 bits per heavy atom. The van der Waals surface area contributed by atoms with Crippen LogP contribution in [0.3, 0.4) is 0 Å². The molecular formula is C16H14F3NO3S. The van der Waals surface area contributed by atoms with E-state index in [0.717, 1.165) is 0 Å². The smallest absolute Gasteiger partial charge is 0.268 e. The second-order valence-corrected chi connectivity index (χ2v) is 6.57. The minimum absolute atomic E-state index is 0.236. The summed E-state index contributed by atoms with van der Waals surface area (Å²) in [6, 6.07) is 13.6. The fraction of sp³-hybridized carbons (Fsp3) is 0.188. The quantitative estimate of drug-likeness (QED) is 0.604. The number of rotatable bonds is 5. The van der Waals surface area contributed by atoms with Crippen molar-refractivity contribution in [2.24, 2.45) is 5.16 Å². The molecule has 0 saturated heterocycles. The number of benzene rings is 2. The highest BCUT2D eigenvalue weighted by molar-refractivity contribution is 7.85. The van der Waals surface area contributed by atoms with Crippen LogP contribution in [0.25, 0.3) is 0 Å². The van der Waals surface area contributed by atoms with Crippen molar-refractivity contribution in [1.82, 2.24) is 0 Å². The molecule has 0 aliphatic rings. The average Bonchev–Trinajstić information content (AvgIpc) is 2.48. The second-order valence-electron chi connectivity index (χ2n) is 5.01. The number of hydrogen-bond acceptors (Lipinski definition) is 4. The molecule has 0 spiro atoms. The molecule has 0 saturated carbocycles. The molecule has 4 nitrogen and oxygen atoms in total. The van der Waals surface area contributed by atoms with Crippen molar-refractivity contribution in [2.75, 3.05) is 0 Å². The number of nitrogens with zero attached hydrogens (tertiary/aromatic N) is 1. The molecule has 8 heteroatoms. The maximum atomic E-state index is 13.2. The first-order chi connectivity index (χ1) is 11.2. The summed E-state index contributed by atoms with van der Waals surface area (Å²) in [5, 5.41) is 2.90. The molecule has 0 amide bonds. The van der Waals surface area contributed by atoms with Crippen LogP contribution in [0.1, 0.15) is 16.7 Å². The zero-order valence-corrected chi connectivity index (χ0v) is 13.4. The molecule has 0 aromatic heterocycles. The van der Waals surface area contributed by atoms with E-state index in [1.165, 1.54) is 37.3 Å². The summed E-state index contributed by atoms with van der Waals surface area (Å²) < 4.78 is 67.5. The van der Waals surface area contributed by atoms with Gasteiger partial charge in [-0.1, -0.05) is 59.8 Å². The average molecular weight is 357 g/mol. The zero-order chi connectivity index (χ0) is 17.8. The Bertz CT molecular complexity index is 831. The molecule has 0 aliphatic carbocycles. The lowest BCUT2D eigenvalue weighted by Crippen LogP contribution is -2.26. The van der Waals surface area contributed by atoms with Crippen LogP contribution in [0.5, 0.6) is 0 Å². The topological polar surface area (TPSA) is 55.7 Å². The fourth-order valence-corrected chi connectivity index (χ4v) is 2.83. The van der Waals surface area contributed by atoms with Crippen LogP contribution in [-0.4, -0.2) is 20.3 Å². The molecule has 2 aromatic rings. The van der Waals surface area contributed by atoms with Crippen LogP contribution in [0.2, 0.25) is 0 Å². The molecule has 0 heterocycles. The van der Waals surface area contributed by atoms with Crippen LogP contribution in [0.4, 0.5) is 13.2 Å². The molecule has 2 rings (SSSR count). The summed E-state index contributed by atoms with van der Waals surface area (Å²) in [6.45, 7) is 1.47. The summed E-state index contributed by atoms with van der Waals surface area (Å²) >= 11 is 0. The van der Waals surface area contributed by atoms with Crippen molar-refractivity contribution < 1.29 is 25.9 Å². The highest BCUT2D eigenvalue weighted by Gasteiger charge is 2.39. The van der Waals surface area contributed by atoms with Gasteiger partial charge in [-0.2, -0.15) is 21.6 Å². The summed E-state index contributed by atoms with van der Waals surface area (Å²) in [7, 11) is -4.30. The first-order valence-corrected chi connectivity index (χ1v) is 8.43. The highest BCUT2D eigenvalue weighted by atomic mass is 32.2. The van der Waals surface area contributed by atoms with Gasteiger partial charge in [-0.25, -0.2) is 0 Å². The van der Waals surface area contributed by atoms with Crippen LogP contribution in [0.15, 0.2) is 59.8 Å². The first kappa shape index (κ1) is 18.0. The van der Waals surface area contributed by atoms with E-state index < -0.39 is 27.8 Å². The predicted octanol–water partition coefficient (Wildman–Crippen LogP) is 3.81. The van der Waals surface area contributed by atoms with Crippen molar-refractivity contribution >= 4 is 15.8 Å². The molecule has 0 bridgehead atoms. The van der Waals surface area contributed by atoms with Crippen LogP contribution in [-0.2, 0) is 20.2 Å². The third-order valence-electron chi connectivity index (χ3n) is 3.10. The summed E-state index contributed by atoms with van der Waals surface area (Å²) in [4.78, 5) is 0. The molecule has 128 valence electrons. The van der Waals surface area contributed by atoms with Crippen LogP contribution < -0.4 is 0 Å². The molecular weight excluding hydrogens is 343 g/mol. The van der Waals surface area contributed by atoms with E-state index >= 15 is 0 Å². The largest absolute Gasteiger partial charge is 0.437 e. The lowest BCUT2D eigenvalue weighted by atomic mass is 10.0. The van der Waals surface area contributed by atoms with E-state index in [4.69, 9.17) is 0 Å². The van der Waals surface area contributed by atoms with E-state index in [9.17, 15) is 21.6 Å². The maximum absolute atomic E-state index is 13.2. The number of halogens is 3. The van der Waals surface area contributed by atoms with Crippen LogP contribution in [0, 0.1) is 6.92 Å². The Kier molecular flexibility index (Phi) is 5.28. The fourth-order valence-electron chi connectivity index (χ4n) is 1.99. The summed E-state index contributed by atoms with van der Waals surface area (Å²) in [5.41, 5.74) is -0.938. The van der Waals surface area contributed by atoms with E-state index in [-0.39, 0.29) is 5.56 Å². The van der Waals surface area contributed by atoms with Crippen molar-refractivity contribution in [3.63, 3.8) is 0 Å². The van der Waals surface area contributed by atoms with Gasteiger partial charge in [0.2, 0.25) is 0 Å². The molecule has 0 radical (unpaired) electrons. The molecule has 0 fully saturated rings. The van der Waals surface area contributed by atoms with E-state index in [1.54, 1.807) is 24.3 Å².